The zero-order valence-electron chi connectivity index (χ0n) is 14.1. The van der Waals surface area contributed by atoms with Crippen LogP contribution in [0.2, 0.25) is 0 Å². The minimum Gasteiger partial charge on any atom is -0.391 e. The van der Waals surface area contributed by atoms with Gasteiger partial charge in [0.1, 0.15) is 0 Å². The summed E-state index contributed by atoms with van der Waals surface area (Å²) in [6.07, 6.45) is 9.54. The molecule has 1 aliphatic carbocycles. The number of carbonyl (C=O) groups is 1. The fourth-order valence-corrected chi connectivity index (χ4v) is 3.00. The summed E-state index contributed by atoms with van der Waals surface area (Å²) in [5.74, 6) is 0. The molecule has 0 aromatic heterocycles. The first-order valence-electron chi connectivity index (χ1n) is 8.81. The number of nitrogens with zero attached hydrogens (tertiary/aromatic N) is 1. The second-order valence-corrected chi connectivity index (χ2v) is 6.61. The Kier molecular flexibility index (Phi) is 8.74. The highest BCUT2D eigenvalue weighted by Gasteiger charge is 2.26. The van der Waals surface area contributed by atoms with Crippen LogP contribution in [0.3, 0.4) is 0 Å². The molecule has 0 aromatic rings. The molecule has 0 spiro atoms. The average molecular weight is 298 g/mol. The Morgan fingerprint density at radius 3 is 2.48 bits per heavy atom. The van der Waals surface area contributed by atoms with Crippen LogP contribution >= 0.6 is 0 Å². The van der Waals surface area contributed by atoms with Crippen LogP contribution in [-0.2, 0) is 0 Å². The van der Waals surface area contributed by atoms with E-state index in [4.69, 9.17) is 0 Å². The molecule has 124 valence electrons. The lowest BCUT2D eigenvalue weighted by Crippen LogP contribution is -2.52. The van der Waals surface area contributed by atoms with Crippen molar-refractivity contribution in [2.24, 2.45) is 0 Å². The van der Waals surface area contributed by atoms with Gasteiger partial charge in [-0.15, -0.1) is 0 Å². The van der Waals surface area contributed by atoms with E-state index in [1.165, 1.54) is 25.7 Å². The Hall–Kier alpha value is -0.770. The SMILES string of the molecule is CCCCCCCN(C(=O)N[C@H]1CCCC[C@@H]1O)C(C)C. The molecule has 0 aliphatic heterocycles. The molecule has 0 radical (unpaired) electrons. The quantitative estimate of drug-likeness (QED) is 0.672. The van der Waals surface area contributed by atoms with Gasteiger partial charge in [-0.1, -0.05) is 45.4 Å². The molecule has 0 unspecified atom stereocenters. The molecule has 1 rings (SSSR count). The molecule has 0 bridgehead atoms. The van der Waals surface area contributed by atoms with E-state index in [1.807, 2.05) is 4.90 Å². The third-order valence-electron chi connectivity index (χ3n) is 4.43. The first-order chi connectivity index (χ1) is 10.1. The van der Waals surface area contributed by atoms with Crippen molar-refractivity contribution >= 4 is 6.03 Å². The molecule has 2 amide bonds. The standard InChI is InChI=1S/C17H34N2O2/c1-4-5-6-7-10-13-19(14(2)3)17(21)18-15-11-8-9-12-16(15)20/h14-16,20H,4-13H2,1-3H3,(H,18,21)/t15-,16-/m0/s1. The van der Waals surface area contributed by atoms with Gasteiger partial charge in [-0.25, -0.2) is 4.79 Å². The first kappa shape index (κ1) is 18.3. The first-order valence-corrected chi connectivity index (χ1v) is 8.81. The van der Waals surface area contributed by atoms with Gasteiger partial charge in [0.15, 0.2) is 0 Å². The van der Waals surface area contributed by atoms with Gasteiger partial charge >= 0.3 is 6.03 Å². The van der Waals surface area contributed by atoms with Crippen LogP contribution in [-0.4, -0.2) is 40.8 Å². The van der Waals surface area contributed by atoms with Gasteiger partial charge in [0, 0.05) is 12.6 Å². The minimum atomic E-state index is -0.374. The van der Waals surface area contributed by atoms with Crippen molar-refractivity contribution in [2.75, 3.05) is 6.54 Å². The van der Waals surface area contributed by atoms with Gasteiger partial charge in [-0.05, 0) is 33.1 Å². The minimum absolute atomic E-state index is 0.00792. The summed E-state index contributed by atoms with van der Waals surface area (Å²) in [6.45, 7) is 7.14. The maximum atomic E-state index is 12.4. The highest BCUT2D eigenvalue weighted by Crippen LogP contribution is 2.19. The fourth-order valence-electron chi connectivity index (χ4n) is 3.00. The van der Waals surface area contributed by atoms with Crippen LogP contribution < -0.4 is 5.32 Å². The lowest BCUT2D eigenvalue weighted by Gasteiger charge is -2.33. The normalized spacial score (nSPS) is 22.3. The zero-order chi connectivity index (χ0) is 15.7. The predicted molar refractivity (Wildman–Crippen MR) is 87.4 cm³/mol. The lowest BCUT2D eigenvalue weighted by atomic mass is 9.93. The van der Waals surface area contributed by atoms with Gasteiger partial charge in [-0.3, -0.25) is 0 Å². The monoisotopic (exact) mass is 298 g/mol. The van der Waals surface area contributed by atoms with Gasteiger partial charge in [0.2, 0.25) is 0 Å². The van der Waals surface area contributed by atoms with Gasteiger partial charge in [0.25, 0.3) is 0 Å². The van der Waals surface area contributed by atoms with E-state index in [2.05, 4.69) is 26.1 Å². The van der Waals surface area contributed by atoms with Crippen LogP contribution in [0.1, 0.15) is 78.6 Å². The second kappa shape index (κ2) is 10.0. The Bertz CT molecular complexity index is 295. The van der Waals surface area contributed by atoms with Crippen molar-refractivity contribution in [3.8, 4) is 0 Å². The van der Waals surface area contributed by atoms with Crippen LogP contribution in [0.15, 0.2) is 0 Å². The number of aliphatic hydroxyl groups is 1. The number of unbranched alkanes of at least 4 members (excludes halogenated alkanes) is 4. The predicted octanol–water partition coefficient (Wildman–Crippen LogP) is 3.68. The van der Waals surface area contributed by atoms with E-state index in [-0.39, 0.29) is 24.2 Å². The lowest BCUT2D eigenvalue weighted by molar-refractivity contribution is 0.0880. The smallest absolute Gasteiger partial charge is 0.317 e. The molecule has 1 fully saturated rings. The van der Waals surface area contributed by atoms with Gasteiger partial charge in [-0.2, -0.15) is 0 Å². The molecule has 2 N–H and O–H groups in total. The zero-order valence-corrected chi connectivity index (χ0v) is 14.1. The number of hydrogen-bond donors (Lipinski definition) is 2. The molecule has 2 atom stereocenters. The molecule has 21 heavy (non-hydrogen) atoms. The third-order valence-corrected chi connectivity index (χ3v) is 4.43. The Balaban J connectivity index is 2.37. The summed E-state index contributed by atoms with van der Waals surface area (Å²) < 4.78 is 0. The molecule has 1 saturated carbocycles. The van der Waals surface area contributed by atoms with Crippen LogP contribution in [0.5, 0.6) is 0 Å². The number of hydrogen-bond acceptors (Lipinski definition) is 2. The summed E-state index contributed by atoms with van der Waals surface area (Å²) in [5.41, 5.74) is 0. The van der Waals surface area contributed by atoms with E-state index >= 15 is 0 Å². The van der Waals surface area contributed by atoms with Crippen LogP contribution in [0.25, 0.3) is 0 Å². The number of nitrogens with one attached hydrogen (secondary N) is 1. The molecule has 1 aliphatic rings. The van der Waals surface area contributed by atoms with Crippen molar-refractivity contribution in [1.82, 2.24) is 10.2 Å². The van der Waals surface area contributed by atoms with Crippen molar-refractivity contribution in [1.29, 1.82) is 0 Å². The summed E-state index contributed by atoms with van der Waals surface area (Å²) >= 11 is 0. The molecule has 4 nitrogen and oxygen atoms in total. The Morgan fingerprint density at radius 1 is 1.19 bits per heavy atom. The number of carbonyl (C=O) groups excluding carboxylic acids is 1. The highest BCUT2D eigenvalue weighted by atomic mass is 16.3. The Labute approximate surface area is 130 Å². The largest absolute Gasteiger partial charge is 0.391 e. The van der Waals surface area contributed by atoms with Crippen LogP contribution in [0, 0.1) is 0 Å². The van der Waals surface area contributed by atoms with Crippen molar-refractivity contribution < 1.29 is 9.90 Å². The maximum absolute atomic E-state index is 12.4. The van der Waals surface area contributed by atoms with E-state index < -0.39 is 0 Å². The van der Waals surface area contributed by atoms with Gasteiger partial charge < -0.3 is 15.3 Å². The second-order valence-electron chi connectivity index (χ2n) is 6.61. The number of rotatable bonds is 8. The van der Waals surface area contributed by atoms with E-state index in [1.54, 1.807) is 0 Å². The fraction of sp³-hybridized carbons (Fsp3) is 0.941. The summed E-state index contributed by atoms with van der Waals surface area (Å²) in [4.78, 5) is 14.3. The molecular formula is C17H34N2O2. The highest BCUT2D eigenvalue weighted by molar-refractivity contribution is 5.74. The van der Waals surface area contributed by atoms with Crippen molar-refractivity contribution in [3.05, 3.63) is 0 Å². The summed E-state index contributed by atoms with van der Waals surface area (Å²) in [6, 6.07) is 0.135. The molecule has 0 aromatic carbocycles. The Morgan fingerprint density at radius 2 is 1.86 bits per heavy atom. The van der Waals surface area contributed by atoms with Crippen molar-refractivity contribution in [2.45, 2.75) is 96.7 Å². The topological polar surface area (TPSA) is 52.6 Å². The summed E-state index contributed by atoms with van der Waals surface area (Å²) in [7, 11) is 0. The summed E-state index contributed by atoms with van der Waals surface area (Å²) in [5, 5.41) is 13.0. The number of amides is 2. The number of aliphatic hydroxyl groups excluding tert-OH is 1. The average Bonchev–Trinajstić information content (AvgIpc) is 2.44. The number of urea groups is 1. The molecule has 0 saturated heterocycles. The maximum Gasteiger partial charge on any atom is 0.317 e. The third kappa shape index (κ3) is 6.68. The van der Waals surface area contributed by atoms with E-state index in [9.17, 15) is 9.90 Å². The molecule has 0 heterocycles. The van der Waals surface area contributed by atoms with E-state index in [0.717, 1.165) is 38.6 Å². The van der Waals surface area contributed by atoms with Gasteiger partial charge in [0.05, 0.1) is 12.1 Å². The molecular weight excluding hydrogens is 264 g/mol. The molecule has 4 heteroatoms. The van der Waals surface area contributed by atoms with Crippen LogP contribution in [0.4, 0.5) is 4.79 Å². The van der Waals surface area contributed by atoms with Crippen molar-refractivity contribution in [3.63, 3.8) is 0 Å². The van der Waals surface area contributed by atoms with E-state index in [0.29, 0.717) is 0 Å².